The van der Waals surface area contributed by atoms with Gasteiger partial charge in [0.25, 0.3) is 0 Å². The molecule has 1 aromatic carbocycles. The van der Waals surface area contributed by atoms with Gasteiger partial charge in [-0.2, -0.15) is 0 Å². The number of aromatic nitrogens is 2. The molecule has 3 nitrogen and oxygen atoms in total. The second-order valence-corrected chi connectivity index (χ2v) is 6.70. The summed E-state index contributed by atoms with van der Waals surface area (Å²) < 4.78 is 4.37. The summed E-state index contributed by atoms with van der Waals surface area (Å²) in [5, 5.41) is 5.41. The number of anilines is 1. The van der Waals surface area contributed by atoms with Crippen LogP contribution in [0.15, 0.2) is 40.4 Å². The Kier molecular flexibility index (Phi) is 3.58. The van der Waals surface area contributed by atoms with Gasteiger partial charge in [-0.05, 0) is 56.7 Å². The smallest absolute Gasteiger partial charge is 0.193 e. The minimum atomic E-state index is 0.738. The summed E-state index contributed by atoms with van der Waals surface area (Å²) in [5.41, 5.74) is 2.15. The van der Waals surface area contributed by atoms with Gasteiger partial charge in [0.05, 0.1) is 12.2 Å². The number of rotatable bonds is 3. The summed E-state index contributed by atoms with van der Waals surface area (Å²) in [6.07, 6.45) is 4.08. The van der Waals surface area contributed by atoms with Crippen LogP contribution in [0.1, 0.15) is 5.69 Å². The fourth-order valence-corrected chi connectivity index (χ4v) is 3.09. The highest BCUT2D eigenvalue weighted by molar-refractivity contribution is 14.1. The third kappa shape index (κ3) is 2.55. The molecule has 0 atom stereocenters. The van der Waals surface area contributed by atoms with Gasteiger partial charge in [-0.1, -0.05) is 0 Å². The van der Waals surface area contributed by atoms with Gasteiger partial charge in [0.2, 0.25) is 0 Å². The number of thiazole rings is 1. The number of halogens is 2. The Labute approximate surface area is 131 Å². The van der Waals surface area contributed by atoms with E-state index in [1.807, 2.05) is 16.0 Å². The van der Waals surface area contributed by atoms with E-state index in [1.165, 1.54) is 3.57 Å². The van der Waals surface area contributed by atoms with Gasteiger partial charge in [-0.25, -0.2) is 4.98 Å². The fraction of sp³-hybridized carbons (Fsp3) is 0.0833. The molecule has 92 valence electrons. The van der Waals surface area contributed by atoms with Crippen molar-refractivity contribution in [2.45, 2.75) is 6.54 Å². The molecule has 0 spiro atoms. The van der Waals surface area contributed by atoms with Crippen LogP contribution in [-0.4, -0.2) is 9.38 Å². The van der Waals surface area contributed by atoms with Gasteiger partial charge in [0.15, 0.2) is 4.96 Å². The minimum Gasteiger partial charge on any atom is -0.379 e. The Morgan fingerprint density at radius 2 is 2.33 bits per heavy atom. The Morgan fingerprint density at radius 1 is 1.44 bits per heavy atom. The standard InChI is InChI=1S/C12H9BrIN3S/c13-10-5-8(1-2-11(10)14)15-6-9-7-17-3-4-18-12(17)16-9/h1-5,7,15H,6H2. The molecule has 0 amide bonds. The van der Waals surface area contributed by atoms with Crippen LogP contribution in [0.4, 0.5) is 5.69 Å². The molecule has 0 aliphatic rings. The Balaban J connectivity index is 1.73. The van der Waals surface area contributed by atoms with Crippen molar-refractivity contribution >= 4 is 60.5 Å². The van der Waals surface area contributed by atoms with Gasteiger partial charge < -0.3 is 5.32 Å². The molecule has 6 heteroatoms. The molecule has 0 aliphatic heterocycles. The Hall–Kier alpha value is -0.600. The molecule has 0 saturated heterocycles. The van der Waals surface area contributed by atoms with Gasteiger partial charge in [-0.3, -0.25) is 4.40 Å². The van der Waals surface area contributed by atoms with E-state index in [0.29, 0.717) is 0 Å². The lowest BCUT2D eigenvalue weighted by molar-refractivity contribution is 1.08. The molecular weight excluding hydrogens is 425 g/mol. The lowest BCUT2D eigenvalue weighted by Crippen LogP contribution is -1.99. The first-order valence-corrected chi connectivity index (χ1v) is 8.07. The average molecular weight is 434 g/mol. The van der Waals surface area contributed by atoms with Crippen LogP contribution in [0, 0.1) is 3.57 Å². The summed E-state index contributed by atoms with van der Waals surface area (Å²) in [5.74, 6) is 0. The largest absolute Gasteiger partial charge is 0.379 e. The molecule has 2 aromatic heterocycles. The number of nitrogens with zero attached hydrogens (tertiary/aromatic N) is 2. The third-order valence-electron chi connectivity index (χ3n) is 2.54. The van der Waals surface area contributed by atoms with Crippen molar-refractivity contribution in [2.75, 3.05) is 5.32 Å². The van der Waals surface area contributed by atoms with Crippen molar-refractivity contribution < 1.29 is 0 Å². The topological polar surface area (TPSA) is 29.3 Å². The van der Waals surface area contributed by atoms with E-state index in [-0.39, 0.29) is 0 Å². The molecule has 0 aliphatic carbocycles. The molecule has 0 saturated carbocycles. The van der Waals surface area contributed by atoms with Gasteiger partial charge in [-0.15, -0.1) is 11.3 Å². The number of benzene rings is 1. The highest BCUT2D eigenvalue weighted by Gasteiger charge is 2.03. The summed E-state index contributed by atoms with van der Waals surface area (Å²) >= 11 is 7.48. The number of imidazole rings is 1. The van der Waals surface area contributed by atoms with Crippen molar-refractivity contribution in [3.05, 3.63) is 49.7 Å². The molecule has 3 aromatic rings. The summed E-state index contributed by atoms with van der Waals surface area (Å²) in [4.78, 5) is 5.57. The zero-order valence-electron chi connectivity index (χ0n) is 9.23. The minimum absolute atomic E-state index is 0.738. The Morgan fingerprint density at radius 3 is 3.11 bits per heavy atom. The first kappa shape index (κ1) is 12.4. The number of nitrogens with one attached hydrogen (secondary N) is 1. The predicted octanol–water partition coefficient (Wildman–Crippen LogP) is 4.38. The van der Waals surface area contributed by atoms with Gasteiger partial charge in [0, 0.05) is 31.5 Å². The second-order valence-electron chi connectivity index (χ2n) is 3.81. The lowest BCUT2D eigenvalue weighted by atomic mass is 10.3. The Bertz CT molecular complexity index is 663. The van der Waals surface area contributed by atoms with E-state index in [0.717, 1.165) is 27.4 Å². The molecular formula is C12H9BrIN3S. The van der Waals surface area contributed by atoms with E-state index in [1.54, 1.807) is 11.3 Å². The van der Waals surface area contributed by atoms with Gasteiger partial charge >= 0.3 is 0 Å². The van der Waals surface area contributed by atoms with Crippen LogP contribution in [-0.2, 0) is 6.54 Å². The summed E-state index contributed by atoms with van der Waals surface area (Å²) in [7, 11) is 0. The molecule has 0 unspecified atom stereocenters. The fourth-order valence-electron chi connectivity index (χ4n) is 1.66. The molecule has 0 radical (unpaired) electrons. The molecule has 3 rings (SSSR count). The van der Waals surface area contributed by atoms with Gasteiger partial charge in [0.1, 0.15) is 0 Å². The normalized spacial score (nSPS) is 11.0. The maximum atomic E-state index is 4.53. The van der Waals surface area contributed by atoms with Crippen LogP contribution >= 0.6 is 49.9 Å². The number of hydrogen-bond donors (Lipinski definition) is 1. The zero-order chi connectivity index (χ0) is 12.5. The second kappa shape index (κ2) is 5.18. The molecule has 0 bridgehead atoms. The molecule has 18 heavy (non-hydrogen) atoms. The average Bonchev–Trinajstić information content (AvgIpc) is 2.91. The zero-order valence-corrected chi connectivity index (χ0v) is 13.8. The van der Waals surface area contributed by atoms with Crippen molar-refractivity contribution in [3.63, 3.8) is 0 Å². The van der Waals surface area contributed by atoms with E-state index in [2.05, 4.69) is 73.2 Å². The summed E-state index contributed by atoms with van der Waals surface area (Å²) in [6.45, 7) is 0.738. The van der Waals surface area contributed by atoms with E-state index >= 15 is 0 Å². The highest BCUT2D eigenvalue weighted by Crippen LogP contribution is 2.23. The van der Waals surface area contributed by atoms with Crippen molar-refractivity contribution in [1.82, 2.24) is 9.38 Å². The van der Waals surface area contributed by atoms with Crippen molar-refractivity contribution in [3.8, 4) is 0 Å². The maximum absolute atomic E-state index is 4.53. The first-order chi connectivity index (χ1) is 8.72. The lowest BCUT2D eigenvalue weighted by Gasteiger charge is -2.05. The first-order valence-electron chi connectivity index (χ1n) is 5.32. The van der Waals surface area contributed by atoms with Crippen LogP contribution in [0.3, 0.4) is 0 Å². The predicted molar refractivity (Wildman–Crippen MR) is 87.3 cm³/mol. The summed E-state index contributed by atoms with van der Waals surface area (Å²) in [6, 6.07) is 6.24. The quantitative estimate of drug-likeness (QED) is 0.621. The van der Waals surface area contributed by atoms with Crippen molar-refractivity contribution in [2.24, 2.45) is 0 Å². The van der Waals surface area contributed by atoms with Crippen LogP contribution in [0.2, 0.25) is 0 Å². The van der Waals surface area contributed by atoms with E-state index < -0.39 is 0 Å². The third-order valence-corrected chi connectivity index (χ3v) is 5.65. The van der Waals surface area contributed by atoms with E-state index in [4.69, 9.17) is 0 Å². The molecule has 0 fully saturated rings. The van der Waals surface area contributed by atoms with Crippen LogP contribution < -0.4 is 5.32 Å². The number of hydrogen-bond acceptors (Lipinski definition) is 3. The molecule has 2 heterocycles. The monoisotopic (exact) mass is 433 g/mol. The highest BCUT2D eigenvalue weighted by atomic mass is 127. The van der Waals surface area contributed by atoms with Crippen LogP contribution in [0.5, 0.6) is 0 Å². The van der Waals surface area contributed by atoms with E-state index in [9.17, 15) is 0 Å². The SMILES string of the molecule is Brc1cc(NCc2cn3ccsc3n2)ccc1I. The van der Waals surface area contributed by atoms with Crippen LogP contribution in [0.25, 0.3) is 4.96 Å². The van der Waals surface area contributed by atoms with Crippen molar-refractivity contribution in [1.29, 1.82) is 0 Å². The molecule has 1 N–H and O–H groups in total. The number of fused-ring (bicyclic) bond motifs is 1. The maximum Gasteiger partial charge on any atom is 0.193 e.